The molecule has 0 saturated carbocycles. The Morgan fingerprint density at radius 1 is 1.20 bits per heavy atom. The number of aryl methyl sites for hydroxylation is 1. The predicted molar refractivity (Wildman–Crippen MR) is 96.0 cm³/mol. The third kappa shape index (κ3) is 4.68. The smallest absolute Gasteiger partial charge is 0.335 e. The Balaban J connectivity index is 1.92. The molecule has 25 heavy (non-hydrogen) atoms. The summed E-state index contributed by atoms with van der Waals surface area (Å²) in [5, 5.41) is 16.2. The lowest BCUT2D eigenvalue weighted by atomic mass is 10.1. The quantitative estimate of drug-likeness (QED) is 0.771. The number of amides is 1. The maximum Gasteiger partial charge on any atom is 0.335 e. The molecule has 134 valence electrons. The number of rotatable bonds is 8. The minimum Gasteiger partial charge on any atom is -0.478 e. The van der Waals surface area contributed by atoms with Crippen LogP contribution >= 0.6 is 0 Å². The van der Waals surface area contributed by atoms with E-state index in [0.29, 0.717) is 24.7 Å². The fourth-order valence-electron chi connectivity index (χ4n) is 2.83. The van der Waals surface area contributed by atoms with E-state index in [1.807, 2.05) is 17.7 Å². The largest absolute Gasteiger partial charge is 0.478 e. The maximum atomic E-state index is 12.3. The molecule has 1 aromatic carbocycles. The Kier molecular flexibility index (Phi) is 6.33. The molecule has 0 bridgehead atoms. The Hall–Kier alpha value is -2.63. The second kappa shape index (κ2) is 8.46. The maximum absolute atomic E-state index is 12.3. The second-order valence-electron chi connectivity index (χ2n) is 6.09. The van der Waals surface area contributed by atoms with E-state index in [9.17, 15) is 9.59 Å². The molecule has 2 rings (SSSR count). The summed E-state index contributed by atoms with van der Waals surface area (Å²) in [5.41, 5.74) is 2.66. The van der Waals surface area contributed by atoms with Gasteiger partial charge in [0.25, 0.3) is 5.91 Å². The fourth-order valence-corrected chi connectivity index (χ4v) is 2.83. The van der Waals surface area contributed by atoms with Gasteiger partial charge in [-0.2, -0.15) is 5.10 Å². The first-order valence-corrected chi connectivity index (χ1v) is 8.62. The molecule has 2 aromatic rings. The van der Waals surface area contributed by atoms with Crippen LogP contribution in [0.2, 0.25) is 0 Å². The highest BCUT2D eigenvalue weighted by atomic mass is 16.4. The van der Waals surface area contributed by atoms with E-state index >= 15 is 0 Å². The Morgan fingerprint density at radius 3 is 2.40 bits per heavy atom. The molecule has 0 radical (unpaired) electrons. The second-order valence-corrected chi connectivity index (χ2v) is 6.09. The van der Waals surface area contributed by atoms with Gasteiger partial charge in [0.2, 0.25) is 0 Å². The van der Waals surface area contributed by atoms with Crippen LogP contribution in [0.1, 0.15) is 64.8 Å². The molecule has 1 aromatic heterocycles. The van der Waals surface area contributed by atoms with Crippen molar-refractivity contribution in [3.63, 3.8) is 0 Å². The molecule has 2 N–H and O–H groups in total. The molecule has 1 amide bonds. The van der Waals surface area contributed by atoms with Gasteiger partial charge in [-0.25, -0.2) is 4.79 Å². The number of hydrogen-bond donors (Lipinski definition) is 2. The molecule has 0 spiro atoms. The van der Waals surface area contributed by atoms with E-state index in [0.717, 1.165) is 24.1 Å². The van der Waals surface area contributed by atoms with Crippen LogP contribution in [0.5, 0.6) is 0 Å². The molecule has 0 aliphatic rings. The van der Waals surface area contributed by atoms with Crippen molar-refractivity contribution in [2.75, 3.05) is 6.54 Å². The van der Waals surface area contributed by atoms with Crippen LogP contribution in [-0.2, 0) is 6.42 Å². The lowest BCUT2D eigenvalue weighted by Gasteiger charge is -2.14. The number of carboxylic acid groups (broad SMARTS) is 1. The van der Waals surface area contributed by atoms with Crippen molar-refractivity contribution >= 4 is 11.9 Å². The van der Waals surface area contributed by atoms with E-state index in [2.05, 4.69) is 24.3 Å². The summed E-state index contributed by atoms with van der Waals surface area (Å²) in [7, 11) is 0. The standard InChI is InChI=1S/C19H25N3O3/c1-4-16(5-2)22-13(3)12-17(21-22)18(23)20-11-10-14-6-8-15(9-7-14)19(24)25/h6-9,12,16H,4-5,10-11H2,1-3H3,(H,20,23)(H,24,25). The molecule has 1 heterocycles. The summed E-state index contributed by atoms with van der Waals surface area (Å²) in [6, 6.07) is 8.80. The number of carbonyl (C=O) groups excluding carboxylic acids is 1. The van der Waals surface area contributed by atoms with Gasteiger partial charge in [0.15, 0.2) is 0 Å². The van der Waals surface area contributed by atoms with Gasteiger partial charge in [0.05, 0.1) is 11.6 Å². The normalized spacial score (nSPS) is 10.9. The fraction of sp³-hybridized carbons (Fsp3) is 0.421. The van der Waals surface area contributed by atoms with Gasteiger partial charge in [0, 0.05) is 12.2 Å². The zero-order valence-electron chi connectivity index (χ0n) is 15.0. The number of aromatic carboxylic acids is 1. The minimum atomic E-state index is -0.941. The predicted octanol–water partition coefficient (Wildman–Crippen LogP) is 3.22. The summed E-state index contributed by atoms with van der Waals surface area (Å²) >= 11 is 0. The van der Waals surface area contributed by atoms with E-state index < -0.39 is 5.97 Å². The summed E-state index contributed by atoms with van der Waals surface area (Å²) < 4.78 is 1.93. The van der Waals surface area contributed by atoms with Gasteiger partial charge < -0.3 is 10.4 Å². The van der Waals surface area contributed by atoms with Gasteiger partial charge >= 0.3 is 5.97 Å². The van der Waals surface area contributed by atoms with E-state index in [1.54, 1.807) is 24.3 Å². The SMILES string of the molecule is CCC(CC)n1nc(C(=O)NCCc2ccc(C(=O)O)cc2)cc1C. The average Bonchev–Trinajstić information content (AvgIpc) is 2.98. The van der Waals surface area contributed by atoms with Crippen molar-refractivity contribution in [1.29, 1.82) is 0 Å². The molecule has 0 aliphatic heterocycles. The third-order valence-corrected chi connectivity index (χ3v) is 4.34. The van der Waals surface area contributed by atoms with Crippen LogP contribution in [-0.4, -0.2) is 33.3 Å². The molecule has 0 aliphatic carbocycles. The molecule has 0 fully saturated rings. The van der Waals surface area contributed by atoms with Crippen molar-refractivity contribution in [3.8, 4) is 0 Å². The van der Waals surface area contributed by atoms with Crippen LogP contribution in [0.4, 0.5) is 0 Å². The van der Waals surface area contributed by atoms with Crippen LogP contribution in [0.25, 0.3) is 0 Å². The molecule has 0 unspecified atom stereocenters. The van der Waals surface area contributed by atoms with Crippen LogP contribution in [0.15, 0.2) is 30.3 Å². The first kappa shape index (κ1) is 18.7. The van der Waals surface area contributed by atoms with Crippen molar-refractivity contribution < 1.29 is 14.7 Å². The van der Waals surface area contributed by atoms with Gasteiger partial charge in [-0.3, -0.25) is 9.48 Å². The highest BCUT2D eigenvalue weighted by Crippen LogP contribution is 2.17. The van der Waals surface area contributed by atoms with E-state index in [4.69, 9.17) is 5.11 Å². The van der Waals surface area contributed by atoms with Gasteiger partial charge in [0.1, 0.15) is 5.69 Å². The monoisotopic (exact) mass is 343 g/mol. The lowest BCUT2D eigenvalue weighted by molar-refractivity contribution is 0.0696. The van der Waals surface area contributed by atoms with E-state index in [1.165, 1.54) is 0 Å². The van der Waals surface area contributed by atoms with Crippen LogP contribution < -0.4 is 5.32 Å². The molecule has 0 saturated heterocycles. The molecular weight excluding hydrogens is 318 g/mol. The number of carbonyl (C=O) groups is 2. The molecule has 6 heteroatoms. The highest BCUT2D eigenvalue weighted by molar-refractivity contribution is 5.92. The van der Waals surface area contributed by atoms with E-state index in [-0.39, 0.29) is 11.5 Å². The summed E-state index contributed by atoms with van der Waals surface area (Å²) in [6.07, 6.45) is 2.59. The average molecular weight is 343 g/mol. The summed E-state index contributed by atoms with van der Waals surface area (Å²) in [6.45, 7) is 6.67. The van der Waals surface area contributed by atoms with Gasteiger partial charge in [-0.1, -0.05) is 26.0 Å². The van der Waals surface area contributed by atoms with Crippen LogP contribution in [0.3, 0.4) is 0 Å². The Labute approximate surface area is 147 Å². The molecular formula is C19H25N3O3. The van der Waals surface area contributed by atoms with Crippen molar-refractivity contribution in [3.05, 3.63) is 52.8 Å². The first-order valence-electron chi connectivity index (χ1n) is 8.62. The van der Waals surface area contributed by atoms with Crippen molar-refractivity contribution in [2.45, 2.75) is 46.1 Å². The Morgan fingerprint density at radius 2 is 1.84 bits per heavy atom. The number of aromatic nitrogens is 2. The number of hydrogen-bond acceptors (Lipinski definition) is 3. The van der Waals surface area contributed by atoms with Crippen molar-refractivity contribution in [2.24, 2.45) is 0 Å². The molecule has 0 atom stereocenters. The van der Waals surface area contributed by atoms with Crippen LogP contribution in [0, 0.1) is 6.92 Å². The van der Waals surface area contributed by atoms with Gasteiger partial charge in [-0.05, 0) is 49.9 Å². The molecule has 6 nitrogen and oxygen atoms in total. The number of nitrogens with zero attached hydrogens (tertiary/aromatic N) is 2. The lowest BCUT2D eigenvalue weighted by Crippen LogP contribution is -2.26. The summed E-state index contributed by atoms with van der Waals surface area (Å²) in [5.74, 6) is -1.13. The van der Waals surface area contributed by atoms with Gasteiger partial charge in [-0.15, -0.1) is 0 Å². The minimum absolute atomic E-state index is 0.185. The third-order valence-electron chi connectivity index (χ3n) is 4.34. The number of carboxylic acids is 1. The number of nitrogens with one attached hydrogen (secondary N) is 1. The zero-order valence-corrected chi connectivity index (χ0v) is 15.0. The number of benzene rings is 1. The van der Waals surface area contributed by atoms with Crippen molar-refractivity contribution in [1.82, 2.24) is 15.1 Å². The topological polar surface area (TPSA) is 84.2 Å². The zero-order chi connectivity index (χ0) is 18.4. The highest BCUT2D eigenvalue weighted by Gasteiger charge is 2.16. The summed E-state index contributed by atoms with van der Waals surface area (Å²) in [4.78, 5) is 23.1. The first-order chi connectivity index (χ1) is 12.0. The Bertz CT molecular complexity index is 731.